The maximum absolute atomic E-state index is 14.5. The molecule has 1 aromatic carbocycles. The van der Waals surface area contributed by atoms with Crippen LogP contribution >= 0.6 is 0 Å². The summed E-state index contributed by atoms with van der Waals surface area (Å²) in [6.07, 6.45) is 6.16. The minimum Gasteiger partial charge on any atom is -0.494 e. The number of pyridine rings is 1. The van der Waals surface area contributed by atoms with Crippen molar-refractivity contribution in [3.63, 3.8) is 0 Å². The van der Waals surface area contributed by atoms with Gasteiger partial charge in [0, 0.05) is 43.9 Å². The molecule has 2 heterocycles. The summed E-state index contributed by atoms with van der Waals surface area (Å²) in [5.74, 6) is 0.306. The normalized spacial score (nSPS) is 10.8. The summed E-state index contributed by atoms with van der Waals surface area (Å²) in [6, 6.07) is 6.80. The Bertz CT molecular complexity index is 1030. The van der Waals surface area contributed by atoms with E-state index >= 15 is 0 Å². The van der Waals surface area contributed by atoms with E-state index in [-0.39, 0.29) is 17.1 Å². The highest BCUT2D eigenvalue weighted by atomic mass is 19.1. The SMILES string of the molecule is CNCc1cc(CCc2cnc(Nc3ccn(C)c(=O)c3)nc2)c(F)c(OC)c1. The number of ether oxygens (including phenoxy) is 1. The molecule has 0 aliphatic heterocycles. The monoisotopic (exact) mass is 397 g/mol. The van der Waals surface area contributed by atoms with Crippen molar-refractivity contribution in [1.29, 1.82) is 0 Å². The fourth-order valence-electron chi connectivity index (χ4n) is 2.94. The summed E-state index contributed by atoms with van der Waals surface area (Å²) >= 11 is 0. The molecule has 2 aromatic heterocycles. The lowest BCUT2D eigenvalue weighted by molar-refractivity contribution is 0.383. The Balaban J connectivity index is 1.68. The number of methoxy groups -OCH3 is 1. The Morgan fingerprint density at radius 3 is 2.55 bits per heavy atom. The highest BCUT2D eigenvalue weighted by molar-refractivity contribution is 5.51. The van der Waals surface area contributed by atoms with E-state index < -0.39 is 0 Å². The third-order valence-corrected chi connectivity index (χ3v) is 4.52. The summed E-state index contributed by atoms with van der Waals surface area (Å²) in [4.78, 5) is 20.2. The van der Waals surface area contributed by atoms with E-state index in [4.69, 9.17) is 4.74 Å². The van der Waals surface area contributed by atoms with Crippen LogP contribution < -0.4 is 20.9 Å². The molecule has 3 aromatic rings. The molecule has 0 amide bonds. The van der Waals surface area contributed by atoms with Gasteiger partial charge in [-0.25, -0.2) is 14.4 Å². The molecule has 0 aliphatic rings. The molecular formula is C21H24FN5O2. The second-order valence-electron chi connectivity index (χ2n) is 6.71. The average Bonchev–Trinajstić information content (AvgIpc) is 2.72. The molecule has 0 bridgehead atoms. The topological polar surface area (TPSA) is 81.1 Å². The van der Waals surface area contributed by atoms with E-state index in [1.165, 1.54) is 17.7 Å². The molecule has 7 nitrogen and oxygen atoms in total. The Morgan fingerprint density at radius 1 is 1.14 bits per heavy atom. The van der Waals surface area contributed by atoms with Gasteiger partial charge in [-0.2, -0.15) is 0 Å². The third kappa shape index (κ3) is 5.17. The molecule has 0 saturated heterocycles. The molecule has 0 aliphatic carbocycles. The van der Waals surface area contributed by atoms with Crippen LogP contribution in [-0.4, -0.2) is 28.7 Å². The molecule has 8 heteroatoms. The lowest BCUT2D eigenvalue weighted by Crippen LogP contribution is -2.14. The maximum atomic E-state index is 14.5. The standard InChI is InChI=1S/C21H24FN5O2/c1-23-11-15-8-16(20(22)18(9-15)29-3)5-4-14-12-24-21(25-13-14)26-17-6-7-27(2)19(28)10-17/h6-10,12-13,23H,4-5,11H2,1-3H3,(H,24,25,26). The Labute approximate surface area is 168 Å². The first kappa shape index (κ1) is 20.5. The number of nitrogens with zero attached hydrogens (tertiary/aromatic N) is 3. The van der Waals surface area contributed by atoms with Crippen LogP contribution in [0.4, 0.5) is 16.0 Å². The van der Waals surface area contributed by atoms with Gasteiger partial charge in [0.2, 0.25) is 5.95 Å². The number of aromatic nitrogens is 3. The van der Waals surface area contributed by atoms with Crippen LogP contribution in [0.1, 0.15) is 16.7 Å². The van der Waals surface area contributed by atoms with Crippen LogP contribution in [0.2, 0.25) is 0 Å². The van der Waals surface area contributed by atoms with Crippen molar-refractivity contribution < 1.29 is 9.13 Å². The van der Waals surface area contributed by atoms with Gasteiger partial charge in [-0.1, -0.05) is 6.07 Å². The fourth-order valence-corrected chi connectivity index (χ4v) is 2.94. The summed E-state index contributed by atoms with van der Waals surface area (Å²) in [7, 11) is 4.99. The van der Waals surface area contributed by atoms with Gasteiger partial charge in [-0.3, -0.25) is 4.79 Å². The lowest BCUT2D eigenvalue weighted by Gasteiger charge is -2.11. The van der Waals surface area contributed by atoms with E-state index in [0.717, 1.165) is 11.1 Å². The minimum atomic E-state index is -0.336. The zero-order valence-corrected chi connectivity index (χ0v) is 16.7. The van der Waals surface area contributed by atoms with Gasteiger partial charge in [0.1, 0.15) is 0 Å². The summed E-state index contributed by atoms with van der Waals surface area (Å²) in [5.41, 5.74) is 2.94. The zero-order valence-electron chi connectivity index (χ0n) is 16.7. The molecule has 0 atom stereocenters. The van der Waals surface area contributed by atoms with Gasteiger partial charge < -0.3 is 19.9 Å². The van der Waals surface area contributed by atoms with Crippen LogP contribution in [0.3, 0.4) is 0 Å². The number of aryl methyl sites for hydroxylation is 3. The summed E-state index contributed by atoms with van der Waals surface area (Å²) < 4.78 is 21.2. The third-order valence-electron chi connectivity index (χ3n) is 4.52. The lowest BCUT2D eigenvalue weighted by atomic mass is 10.0. The van der Waals surface area contributed by atoms with Crippen LogP contribution in [0.25, 0.3) is 0 Å². The number of hydrogen-bond donors (Lipinski definition) is 2. The van der Waals surface area contributed by atoms with E-state index in [1.54, 1.807) is 37.8 Å². The largest absolute Gasteiger partial charge is 0.494 e. The second kappa shape index (κ2) is 9.29. The number of nitrogens with one attached hydrogen (secondary N) is 2. The maximum Gasteiger partial charge on any atom is 0.252 e. The van der Waals surface area contributed by atoms with Gasteiger partial charge >= 0.3 is 0 Å². The predicted octanol–water partition coefficient (Wildman–Crippen LogP) is 2.57. The number of benzene rings is 1. The van der Waals surface area contributed by atoms with Crippen molar-refractivity contribution in [2.45, 2.75) is 19.4 Å². The fraction of sp³-hybridized carbons (Fsp3) is 0.286. The Morgan fingerprint density at radius 2 is 1.90 bits per heavy atom. The van der Waals surface area contributed by atoms with E-state index in [0.29, 0.717) is 36.6 Å². The van der Waals surface area contributed by atoms with E-state index in [9.17, 15) is 9.18 Å². The molecular weight excluding hydrogens is 373 g/mol. The first-order valence-electron chi connectivity index (χ1n) is 9.24. The first-order chi connectivity index (χ1) is 14.0. The number of halogens is 1. The molecule has 0 fully saturated rings. The molecule has 2 N–H and O–H groups in total. The number of anilines is 2. The van der Waals surface area contributed by atoms with Gasteiger partial charge in [0.15, 0.2) is 11.6 Å². The van der Waals surface area contributed by atoms with E-state index in [1.807, 2.05) is 13.1 Å². The quantitative estimate of drug-likeness (QED) is 0.608. The van der Waals surface area contributed by atoms with Crippen molar-refractivity contribution in [1.82, 2.24) is 19.9 Å². The molecule has 0 unspecified atom stereocenters. The van der Waals surface area contributed by atoms with Crippen LogP contribution in [0.5, 0.6) is 5.75 Å². The Hall–Kier alpha value is -3.26. The Kier molecular flexibility index (Phi) is 6.56. The smallest absolute Gasteiger partial charge is 0.252 e. The molecule has 0 saturated carbocycles. The highest BCUT2D eigenvalue weighted by Gasteiger charge is 2.12. The number of rotatable bonds is 8. The van der Waals surface area contributed by atoms with Crippen LogP contribution in [0.15, 0.2) is 47.7 Å². The molecule has 152 valence electrons. The van der Waals surface area contributed by atoms with Crippen molar-refractivity contribution in [3.8, 4) is 5.75 Å². The van der Waals surface area contributed by atoms with Crippen LogP contribution in [0, 0.1) is 5.82 Å². The van der Waals surface area contributed by atoms with E-state index in [2.05, 4.69) is 20.6 Å². The van der Waals surface area contributed by atoms with Crippen molar-refractivity contribution in [3.05, 3.63) is 75.7 Å². The van der Waals surface area contributed by atoms with Gasteiger partial charge in [0.05, 0.1) is 7.11 Å². The highest BCUT2D eigenvalue weighted by Crippen LogP contribution is 2.24. The molecule has 0 radical (unpaired) electrons. The van der Waals surface area contributed by atoms with Gasteiger partial charge in [0.25, 0.3) is 5.56 Å². The minimum absolute atomic E-state index is 0.121. The molecule has 0 spiro atoms. The number of hydrogen-bond acceptors (Lipinski definition) is 6. The second-order valence-corrected chi connectivity index (χ2v) is 6.71. The van der Waals surface area contributed by atoms with Crippen molar-refractivity contribution in [2.75, 3.05) is 19.5 Å². The predicted molar refractivity (Wildman–Crippen MR) is 110 cm³/mol. The molecule has 3 rings (SSSR count). The summed E-state index contributed by atoms with van der Waals surface area (Å²) in [5, 5.41) is 6.06. The van der Waals surface area contributed by atoms with Gasteiger partial charge in [-0.15, -0.1) is 0 Å². The van der Waals surface area contributed by atoms with Gasteiger partial charge in [-0.05, 0) is 48.7 Å². The average molecular weight is 397 g/mol. The summed E-state index contributed by atoms with van der Waals surface area (Å²) in [6.45, 7) is 0.635. The van der Waals surface area contributed by atoms with Crippen LogP contribution in [-0.2, 0) is 26.4 Å². The molecule has 29 heavy (non-hydrogen) atoms. The first-order valence-corrected chi connectivity index (χ1v) is 9.24. The zero-order chi connectivity index (χ0) is 20.8. The van der Waals surface area contributed by atoms with Crippen molar-refractivity contribution in [2.24, 2.45) is 7.05 Å². The van der Waals surface area contributed by atoms with Crippen molar-refractivity contribution >= 4 is 11.6 Å².